The number of hydrogen-bond donors (Lipinski definition) is 0. The SMILES string of the molecule is CC(C(C)S(C)(=O)=O)N(C)C(=O)CC1CCCCC1. The molecule has 0 bridgehead atoms. The lowest BCUT2D eigenvalue weighted by Crippen LogP contribution is -2.44. The molecule has 4 nitrogen and oxygen atoms in total. The second-order valence-corrected chi connectivity index (χ2v) is 8.39. The number of carbonyl (C=O) groups is 1. The Balaban J connectivity index is 2.55. The van der Waals surface area contributed by atoms with Gasteiger partial charge in [0.25, 0.3) is 0 Å². The smallest absolute Gasteiger partial charge is 0.222 e. The summed E-state index contributed by atoms with van der Waals surface area (Å²) >= 11 is 0. The van der Waals surface area contributed by atoms with Crippen LogP contribution in [-0.2, 0) is 14.6 Å². The van der Waals surface area contributed by atoms with Gasteiger partial charge in [0.2, 0.25) is 5.91 Å². The molecular weight excluding hydrogens is 262 g/mol. The van der Waals surface area contributed by atoms with E-state index in [4.69, 9.17) is 0 Å². The molecule has 0 aromatic heterocycles. The highest BCUT2D eigenvalue weighted by molar-refractivity contribution is 7.91. The molecule has 2 atom stereocenters. The van der Waals surface area contributed by atoms with E-state index in [-0.39, 0.29) is 11.9 Å². The summed E-state index contributed by atoms with van der Waals surface area (Å²) < 4.78 is 23.1. The predicted octanol–water partition coefficient (Wildman–Crippen LogP) is 2.24. The minimum Gasteiger partial charge on any atom is -0.342 e. The Hall–Kier alpha value is -0.580. The first-order valence-electron chi connectivity index (χ1n) is 7.18. The Morgan fingerprint density at radius 2 is 1.74 bits per heavy atom. The van der Waals surface area contributed by atoms with Gasteiger partial charge in [0, 0.05) is 25.8 Å². The van der Waals surface area contributed by atoms with Gasteiger partial charge in [-0.3, -0.25) is 4.79 Å². The molecule has 0 heterocycles. The summed E-state index contributed by atoms with van der Waals surface area (Å²) in [5.74, 6) is 0.569. The van der Waals surface area contributed by atoms with Crippen molar-refractivity contribution < 1.29 is 13.2 Å². The van der Waals surface area contributed by atoms with Gasteiger partial charge in [-0.15, -0.1) is 0 Å². The number of rotatable bonds is 5. The summed E-state index contributed by atoms with van der Waals surface area (Å²) in [7, 11) is -1.39. The predicted molar refractivity (Wildman–Crippen MR) is 77.7 cm³/mol. The summed E-state index contributed by atoms with van der Waals surface area (Å²) in [6.45, 7) is 3.48. The van der Waals surface area contributed by atoms with E-state index in [1.54, 1.807) is 18.9 Å². The molecule has 0 aromatic rings. The standard InChI is InChI=1S/C14H27NO3S/c1-11(12(2)19(4,17)18)15(3)14(16)10-13-8-6-5-7-9-13/h11-13H,5-10H2,1-4H3. The van der Waals surface area contributed by atoms with E-state index in [0.29, 0.717) is 12.3 Å². The van der Waals surface area contributed by atoms with Crippen molar-refractivity contribution in [2.24, 2.45) is 5.92 Å². The van der Waals surface area contributed by atoms with Crippen LogP contribution < -0.4 is 0 Å². The van der Waals surface area contributed by atoms with Crippen LogP contribution in [0.1, 0.15) is 52.4 Å². The van der Waals surface area contributed by atoms with Crippen molar-refractivity contribution in [1.82, 2.24) is 4.90 Å². The molecule has 19 heavy (non-hydrogen) atoms. The summed E-state index contributed by atoms with van der Waals surface area (Å²) in [5, 5.41) is -0.521. The van der Waals surface area contributed by atoms with Gasteiger partial charge in [0.15, 0.2) is 9.84 Å². The molecular formula is C14H27NO3S. The molecule has 1 amide bonds. The third-order valence-corrected chi connectivity index (χ3v) is 6.29. The molecule has 0 aliphatic heterocycles. The quantitative estimate of drug-likeness (QED) is 0.780. The number of amides is 1. The maximum Gasteiger partial charge on any atom is 0.222 e. The van der Waals surface area contributed by atoms with Gasteiger partial charge in [0.05, 0.1) is 5.25 Å². The van der Waals surface area contributed by atoms with Crippen LogP contribution in [0.3, 0.4) is 0 Å². The first-order chi connectivity index (χ1) is 8.73. The van der Waals surface area contributed by atoms with Gasteiger partial charge in [-0.1, -0.05) is 19.3 Å². The average Bonchev–Trinajstić information content (AvgIpc) is 2.36. The highest BCUT2D eigenvalue weighted by Gasteiger charge is 2.29. The molecule has 1 aliphatic carbocycles. The molecule has 1 saturated carbocycles. The van der Waals surface area contributed by atoms with Crippen LogP contribution >= 0.6 is 0 Å². The first-order valence-corrected chi connectivity index (χ1v) is 9.13. The Kier molecular flexibility index (Phi) is 5.83. The van der Waals surface area contributed by atoms with Crippen molar-refractivity contribution in [2.45, 2.75) is 63.7 Å². The Morgan fingerprint density at radius 3 is 2.21 bits per heavy atom. The van der Waals surface area contributed by atoms with Crippen LogP contribution in [0.5, 0.6) is 0 Å². The third kappa shape index (κ3) is 4.79. The van der Waals surface area contributed by atoms with E-state index in [9.17, 15) is 13.2 Å². The molecule has 1 aliphatic rings. The lowest BCUT2D eigenvalue weighted by molar-refractivity contribution is -0.132. The van der Waals surface area contributed by atoms with Crippen LogP contribution in [0, 0.1) is 5.92 Å². The van der Waals surface area contributed by atoms with Crippen LogP contribution in [0.15, 0.2) is 0 Å². The molecule has 0 radical (unpaired) electrons. The van der Waals surface area contributed by atoms with E-state index >= 15 is 0 Å². The van der Waals surface area contributed by atoms with Crippen molar-refractivity contribution in [2.75, 3.05) is 13.3 Å². The van der Waals surface area contributed by atoms with Crippen molar-refractivity contribution in [3.63, 3.8) is 0 Å². The highest BCUT2D eigenvalue weighted by Crippen LogP contribution is 2.27. The summed E-state index contributed by atoms with van der Waals surface area (Å²) in [4.78, 5) is 13.8. The second-order valence-electron chi connectivity index (χ2n) is 5.99. The Morgan fingerprint density at radius 1 is 1.21 bits per heavy atom. The van der Waals surface area contributed by atoms with Crippen molar-refractivity contribution >= 4 is 15.7 Å². The van der Waals surface area contributed by atoms with Gasteiger partial charge in [-0.05, 0) is 32.6 Å². The molecule has 5 heteroatoms. The minimum absolute atomic E-state index is 0.0786. The zero-order valence-corrected chi connectivity index (χ0v) is 13.4. The molecule has 1 rings (SSSR count). The number of hydrogen-bond acceptors (Lipinski definition) is 3. The summed E-state index contributed by atoms with van der Waals surface area (Å²) in [6.07, 6.45) is 7.78. The summed E-state index contributed by atoms with van der Waals surface area (Å²) in [6, 6.07) is -0.272. The lowest BCUT2D eigenvalue weighted by atomic mass is 9.86. The Labute approximate surface area is 117 Å². The van der Waals surface area contributed by atoms with Crippen molar-refractivity contribution in [3.05, 3.63) is 0 Å². The number of sulfone groups is 1. The zero-order valence-electron chi connectivity index (χ0n) is 12.6. The van der Waals surface area contributed by atoms with Crippen LogP contribution in [0.4, 0.5) is 0 Å². The molecule has 1 fully saturated rings. The van der Waals surface area contributed by atoms with Gasteiger partial charge < -0.3 is 4.90 Å². The van der Waals surface area contributed by atoms with Gasteiger partial charge in [-0.2, -0.15) is 0 Å². The fraction of sp³-hybridized carbons (Fsp3) is 0.929. The van der Waals surface area contributed by atoms with Crippen LogP contribution in [0.25, 0.3) is 0 Å². The maximum atomic E-state index is 12.2. The van der Waals surface area contributed by atoms with E-state index in [1.807, 2.05) is 6.92 Å². The van der Waals surface area contributed by atoms with Gasteiger partial charge in [0.1, 0.15) is 0 Å². The molecule has 112 valence electrons. The molecule has 0 saturated heterocycles. The van der Waals surface area contributed by atoms with Gasteiger partial charge in [-0.25, -0.2) is 8.42 Å². The normalized spacial score (nSPS) is 20.8. The minimum atomic E-state index is -3.11. The largest absolute Gasteiger partial charge is 0.342 e. The number of nitrogens with zero attached hydrogens (tertiary/aromatic N) is 1. The monoisotopic (exact) mass is 289 g/mol. The highest BCUT2D eigenvalue weighted by atomic mass is 32.2. The zero-order chi connectivity index (χ0) is 14.6. The van der Waals surface area contributed by atoms with E-state index in [2.05, 4.69) is 0 Å². The van der Waals surface area contributed by atoms with Crippen LogP contribution in [0.2, 0.25) is 0 Å². The van der Waals surface area contributed by atoms with E-state index < -0.39 is 15.1 Å². The average molecular weight is 289 g/mol. The molecule has 0 spiro atoms. The fourth-order valence-electron chi connectivity index (χ4n) is 2.68. The molecule has 2 unspecified atom stereocenters. The van der Waals surface area contributed by atoms with Crippen LogP contribution in [-0.4, -0.2) is 43.8 Å². The second kappa shape index (κ2) is 6.73. The number of carbonyl (C=O) groups excluding carboxylic acids is 1. The third-order valence-electron chi connectivity index (χ3n) is 4.55. The van der Waals surface area contributed by atoms with E-state index in [0.717, 1.165) is 12.8 Å². The first kappa shape index (κ1) is 16.5. The van der Waals surface area contributed by atoms with Gasteiger partial charge >= 0.3 is 0 Å². The molecule has 0 aromatic carbocycles. The topological polar surface area (TPSA) is 54.5 Å². The molecule has 0 N–H and O–H groups in total. The summed E-state index contributed by atoms with van der Waals surface area (Å²) in [5.41, 5.74) is 0. The van der Waals surface area contributed by atoms with Crippen molar-refractivity contribution in [1.29, 1.82) is 0 Å². The Bertz CT molecular complexity index is 399. The van der Waals surface area contributed by atoms with E-state index in [1.165, 1.54) is 25.5 Å². The lowest BCUT2D eigenvalue weighted by Gasteiger charge is -2.31. The fourth-order valence-corrected chi connectivity index (χ4v) is 3.58. The van der Waals surface area contributed by atoms with Crippen molar-refractivity contribution in [3.8, 4) is 0 Å². The maximum absolute atomic E-state index is 12.2.